The number of nitrogens with zero attached hydrogens (tertiary/aromatic N) is 2. The van der Waals surface area contributed by atoms with Crippen molar-refractivity contribution in [3.05, 3.63) is 64.1 Å². The fourth-order valence-corrected chi connectivity index (χ4v) is 2.35. The van der Waals surface area contributed by atoms with E-state index in [9.17, 15) is 0 Å². The minimum Gasteiger partial charge on any atom is -0.265 e. The fourth-order valence-electron chi connectivity index (χ4n) is 2.10. The first-order chi connectivity index (χ1) is 9.22. The van der Waals surface area contributed by atoms with E-state index >= 15 is 0 Å². The Hall–Kier alpha value is -1.51. The van der Waals surface area contributed by atoms with Gasteiger partial charge in [-0.1, -0.05) is 35.3 Å². The van der Waals surface area contributed by atoms with Crippen LogP contribution in [0.15, 0.2) is 53.6 Å². The van der Waals surface area contributed by atoms with Crippen LogP contribution in [0.5, 0.6) is 0 Å². The smallest absolute Gasteiger partial charge is 0.0700 e. The van der Waals surface area contributed by atoms with Crippen molar-refractivity contribution in [2.24, 2.45) is 5.10 Å². The monoisotopic (exact) mass is 290 g/mol. The Morgan fingerprint density at radius 3 is 2.05 bits per heavy atom. The van der Waals surface area contributed by atoms with Crippen molar-refractivity contribution in [3.8, 4) is 0 Å². The Balaban J connectivity index is 1.84. The molecule has 1 aliphatic heterocycles. The molecule has 0 atom stereocenters. The quantitative estimate of drug-likeness (QED) is 0.789. The van der Waals surface area contributed by atoms with Crippen LogP contribution >= 0.6 is 23.2 Å². The number of hydrogen-bond acceptors (Lipinski definition) is 2. The van der Waals surface area contributed by atoms with Crippen LogP contribution < -0.4 is 5.01 Å². The highest BCUT2D eigenvalue weighted by atomic mass is 35.5. The fraction of sp³-hybridized carbons (Fsp3) is 0.133. The van der Waals surface area contributed by atoms with Crippen molar-refractivity contribution in [2.75, 3.05) is 11.6 Å². The van der Waals surface area contributed by atoms with Gasteiger partial charge in [-0.2, -0.15) is 5.10 Å². The molecule has 3 rings (SSSR count). The second-order valence-corrected chi connectivity index (χ2v) is 5.28. The lowest BCUT2D eigenvalue weighted by Gasteiger charge is -2.12. The zero-order valence-corrected chi connectivity index (χ0v) is 11.7. The van der Waals surface area contributed by atoms with Gasteiger partial charge in [-0.05, 0) is 42.0 Å². The van der Waals surface area contributed by atoms with Crippen LogP contribution in [0.25, 0.3) is 0 Å². The van der Waals surface area contributed by atoms with Crippen molar-refractivity contribution in [1.82, 2.24) is 0 Å². The molecule has 19 heavy (non-hydrogen) atoms. The molecule has 0 saturated carbocycles. The predicted molar refractivity (Wildman–Crippen MR) is 81.4 cm³/mol. The lowest BCUT2D eigenvalue weighted by molar-refractivity contribution is 0.922. The first-order valence-corrected chi connectivity index (χ1v) is 6.84. The molecule has 0 radical (unpaired) electrons. The van der Waals surface area contributed by atoms with E-state index in [2.05, 4.69) is 5.10 Å². The molecule has 0 N–H and O–H groups in total. The summed E-state index contributed by atoms with van der Waals surface area (Å²) in [4.78, 5) is 0. The van der Waals surface area contributed by atoms with Gasteiger partial charge in [0.25, 0.3) is 0 Å². The van der Waals surface area contributed by atoms with E-state index in [0.717, 1.165) is 40.0 Å². The van der Waals surface area contributed by atoms with Crippen LogP contribution in [0.1, 0.15) is 12.0 Å². The number of hydrazone groups is 1. The van der Waals surface area contributed by atoms with E-state index in [0.29, 0.717) is 0 Å². The Labute approximate surface area is 122 Å². The van der Waals surface area contributed by atoms with Gasteiger partial charge >= 0.3 is 0 Å². The Bertz CT molecular complexity index is 603. The summed E-state index contributed by atoms with van der Waals surface area (Å²) in [7, 11) is 0. The van der Waals surface area contributed by atoms with Gasteiger partial charge in [0.2, 0.25) is 0 Å². The third-order valence-corrected chi connectivity index (χ3v) is 3.61. The molecule has 1 aliphatic rings. The number of rotatable bonds is 2. The molecule has 0 spiro atoms. The number of halogens is 2. The maximum absolute atomic E-state index is 5.89. The topological polar surface area (TPSA) is 15.6 Å². The third kappa shape index (κ3) is 2.75. The van der Waals surface area contributed by atoms with Gasteiger partial charge in [-0.15, -0.1) is 0 Å². The Morgan fingerprint density at radius 2 is 1.42 bits per heavy atom. The van der Waals surface area contributed by atoms with Gasteiger partial charge in [0.15, 0.2) is 0 Å². The third-order valence-electron chi connectivity index (χ3n) is 3.10. The van der Waals surface area contributed by atoms with Gasteiger partial charge in [-0.3, -0.25) is 5.01 Å². The summed E-state index contributed by atoms with van der Waals surface area (Å²) >= 11 is 11.8. The number of hydrogen-bond donors (Lipinski definition) is 0. The normalized spacial score (nSPS) is 14.6. The van der Waals surface area contributed by atoms with E-state index in [-0.39, 0.29) is 0 Å². The van der Waals surface area contributed by atoms with Crippen LogP contribution in [0.3, 0.4) is 0 Å². The molecule has 0 fully saturated rings. The molecule has 2 aromatic carbocycles. The van der Waals surface area contributed by atoms with Crippen molar-refractivity contribution < 1.29 is 0 Å². The standard InChI is InChI=1S/C15H12Cl2N2/c16-12-3-1-11(2-4-12)15-9-10-19(18-15)14-7-5-13(17)6-8-14/h1-8H,9-10H2. The van der Waals surface area contributed by atoms with Crippen LogP contribution in [-0.4, -0.2) is 12.3 Å². The van der Waals surface area contributed by atoms with E-state index < -0.39 is 0 Å². The first-order valence-electron chi connectivity index (χ1n) is 6.09. The van der Waals surface area contributed by atoms with E-state index in [4.69, 9.17) is 23.2 Å². The second kappa shape index (κ2) is 5.24. The average Bonchev–Trinajstić information content (AvgIpc) is 2.90. The maximum atomic E-state index is 5.89. The molecular formula is C15H12Cl2N2. The van der Waals surface area contributed by atoms with Gasteiger partial charge in [0, 0.05) is 23.0 Å². The summed E-state index contributed by atoms with van der Waals surface area (Å²) in [6.07, 6.45) is 0.935. The molecular weight excluding hydrogens is 279 g/mol. The largest absolute Gasteiger partial charge is 0.265 e. The average molecular weight is 291 g/mol. The van der Waals surface area contributed by atoms with Crippen LogP contribution in [0.4, 0.5) is 5.69 Å². The van der Waals surface area contributed by atoms with Crippen LogP contribution in [0, 0.1) is 0 Å². The van der Waals surface area contributed by atoms with Gasteiger partial charge in [-0.25, -0.2) is 0 Å². The zero-order valence-electron chi connectivity index (χ0n) is 10.2. The summed E-state index contributed by atoms with van der Waals surface area (Å²) in [6, 6.07) is 15.5. The Morgan fingerprint density at radius 1 is 0.842 bits per heavy atom. The number of anilines is 1. The summed E-state index contributed by atoms with van der Waals surface area (Å²) in [5.41, 5.74) is 3.28. The zero-order chi connectivity index (χ0) is 13.2. The molecule has 0 amide bonds. The summed E-state index contributed by atoms with van der Waals surface area (Å²) in [5, 5.41) is 8.14. The van der Waals surface area contributed by atoms with Crippen molar-refractivity contribution in [1.29, 1.82) is 0 Å². The maximum Gasteiger partial charge on any atom is 0.0700 e. The first kappa shape index (κ1) is 12.5. The lowest BCUT2D eigenvalue weighted by atomic mass is 10.1. The molecule has 0 aromatic heterocycles. The van der Waals surface area contributed by atoms with Crippen LogP contribution in [0.2, 0.25) is 10.0 Å². The molecule has 4 heteroatoms. The molecule has 2 nitrogen and oxygen atoms in total. The van der Waals surface area contributed by atoms with E-state index in [1.807, 2.05) is 53.5 Å². The molecule has 1 heterocycles. The molecule has 2 aromatic rings. The molecule has 0 aliphatic carbocycles. The molecule has 96 valence electrons. The Kier molecular flexibility index (Phi) is 3.45. The molecule has 0 saturated heterocycles. The van der Waals surface area contributed by atoms with Gasteiger partial charge in [0.05, 0.1) is 11.4 Å². The highest BCUT2D eigenvalue weighted by molar-refractivity contribution is 6.31. The summed E-state index contributed by atoms with van der Waals surface area (Å²) in [5.74, 6) is 0. The second-order valence-electron chi connectivity index (χ2n) is 4.40. The van der Waals surface area contributed by atoms with Crippen molar-refractivity contribution in [2.45, 2.75) is 6.42 Å². The SMILES string of the molecule is Clc1ccc(C2=NN(c3ccc(Cl)cc3)CC2)cc1. The minimum atomic E-state index is 0.741. The molecule has 0 unspecified atom stereocenters. The number of benzene rings is 2. The summed E-state index contributed by atoms with van der Waals surface area (Å²) < 4.78 is 0. The highest BCUT2D eigenvalue weighted by Gasteiger charge is 2.17. The lowest BCUT2D eigenvalue weighted by Crippen LogP contribution is -2.11. The van der Waals surface area contributed by atoms with Gasteiger partial charge in [0.1, 0.15) is 0 Å². The van der Waals surface area contributed by atoms with Crippen molar-refractivity contribution >= 4 is 34.6 Å². The van der Waals surface area contributed by atoms with E-state index in [1.165, 1.54) is 0 Å². The predicted octanol–water partition coefficient (Wildman–Crippen LogP) is 4.61. The van der Waals surface area contributed by atoms with Gasteiger partial charge < -0.3 is 0 Å². The van der Waals surface area contributed by atoms with Crippen molar-refractivity contribution in [3.63, 3.8) is 0 Å². The minimum absolute atomic E-state index is 0.741. The highest BCUT2D eigenvalue weighted by Crippen LogP contribution is 2.23. The van der Waals surface area contributed by atoms with Crippen LogP contribution in [-0.2, 0) is 0 Å². The van der Waals surface area contributed by atoms with E-state index in [1.54, 1.807) is 0 Å². The summed E-state index contributed by atoms with van der Waals surface area (Å²) in [6.45, 7) is 0.888. The molecule has 0 bridgehead atoms.